The normalized spacial score (nSPS) is 10.8. The van der Waals surface area contributed by atoms with E-state index in [9.17, 15) is 4.79 Å². The van der Waals surface area contributed by atoms with Gasteiger partial charge in [-0.25, -0.2) is 4.98 Å². The summed E-state index contributed by atoms with van der Waals surface area (Å²) in [5.41, 5.74) is 3.23. The van der Waals surface area contributed by atoms with Crippen molar-refractivity contribution in [3.05, 3.63) is 60.7 Å². The fourth-order valence-corrected chi connectivity index (χ4v) is 3.22. The van der Waals surface area contributed by atoms with E-state index in [-0.39, 0.29) is 5.97 Å². The maximum absolute atomic E-state index is 11.3. The zero-order valence-electron chi connectivity index (χ0n) is 16.4. The first-order valence-electron chi connectivity index (χ1n) is 10.0. The molecule has 2 aromatic carbocycles. The summed E-state index contributed by atoms with van der Waals surface area (Å²) in [4.78, 5) is 16.0. The third kappa shape index (κ3) is 5.56. The number of unbranched alkanes of at least 4 members (excludes halogenated alkanes) is 3. The fourth-order valence-electron chi connectivity index (χ4n) is 3.22. The van der Waals surface area contributed by atoms with Crippen LogP contribution in [0.1, 0.15) is 39.0 Å². The van der Waals surface area contributed by atoms with Gasteiger partial charge >= 0.3 is 5.97 Å². The van der Waals surface area contributed by atoms with Gasteiger partial charge in [0, 0.05) is 17.9 Å². The average molecular weight is 377 g/mol. The molecule has 0 atom stereocenters. The molecule has 146 valence electrons. The minimum atomic E-state index is -0.104. The van der Waals surface area contributed by atoms with Crippen LogP contribution in [-0.4, -0.2) is 24.2 Å². The molecule has 0 saturated heterocycles. The van der Waals surface area contributed by atoms with Crippen molar-refractivity contribution < 1.29 is 14.3 Å². The van der Waals surface area contributed by atoms with Crippen LogP contribution in [0.4, 0.5) is 0 Å². The van der Waals surface area contributed by atoms with E-state index >= 15 is 0 Å². The highest BCUT2D eigenvalue weighted by molar-refractivity contribution is 5.95. The minimum Gasteiger partial charge on any atom is -0.478 e. The van der Waals surface area contributed by atoms with Gasteiger partial charge in [0.05, 0.1) is 18.7 Å². The SMILES string of the molecule is CCOC(=O)CCCCCCOc1cc(-c2ccccc2)c2ccccc2n1. The van der Waals surface area contributed by atoms with Gasteiger partial charge in [0.15, 0.2) is 0 Å². The Kier molecular flexibility index (Phi) is 7.42. The summed E-state index contributed by atoms with van der Waals surface area (Å²) in [5.74, 6) is 0.552. The number of rotatable bonds is 10. The van der Waals surface area contributed by atoms with Crippen molar-refractivity contribution >= 4 is 16.9 Å². The number of carbonyl (C=O) groups is 1. The van der Waals surface area contributed by atoms with Crippen LogP contribution in [0.2, 0.25) is 0 Å². The van der Waals surface area contributed by atoms with Gasteiger partial charge in [-0.05, 0) is 37.0 Å². The molecule has 0 aliphatic heterocycles. The summed E-state index contributed by atoms with van der Waals surface area (Å²) in [7, 11) is 0. The molecule has 0 aliphatic carbocycles. The van der Waals surface area contributed by atoms with Gasteiger partial charge in [-0.15, -0.1) is 0 Å². The zero-order valence-corrected chi connectivity index (χ0v) is 16.4. The number of ether oxygens (including phenoxy) is 2. The highest BCUT2D eigenvalue weighted by Gasteiger charge is 2.08. The Morgan fingerprint density at radius 1 is 0.929 bits per heavy atom. The molecule has 3 rings (SSSR count). The van der Waals surface area contributed by atoms with Gasteiger partial charge in [-0.3, -0.25) is 4.79 Å². The van der Waals surface area contributed by atoms with Crippen LogP contribution in [0.3, 0.4) is 0 Å². The molecule has 3 aromatic rings. The quantitative estimate of drug-likeness (QED) is 0.331. The van der Waals surface area contributed by atoms with E-state index in [4.69, 9.17) is 9.47 Å². The number of aromatic nitrogens is 1. The van der Waals surface area contributed by atoms with Gasteiger partial charge in [0.25, 0.3) is 0 Å². The highest BCUT2D eigenvalue weighted by Crippen LogP contribution is 2.30. The lowest BCUT2D eigenvalue weighted by Crippen LogP contribution is -2.03. The molecule has 4 heteroatoms. The van der Waals surface area contributed by atoms with E-state index < -0.39 is 0 Å². The van der Waals surface area contributed by atoms with Gasteiger partial charge in [0.2, 0.25) is 5.88 Å². The molecule has 4 nitrogen and oxygen atoms in total. The maximum atomic E-state index is 11.3. The monoisotopic (exact) mass is 377 g/mol. The summed E-state index contributed by atoms with van der Waals surface area (Å²) in [6, 6.07) is 20.5. The molecule has 1 aromatic heterocycles. The number of para-hydroxylation sites is 1. The minimum absolute atomic E-state index is 0.104. The predicted octanol–water partition coefficient (Wildman–Crippen LogP) is 5.79. The summed E-state index contributed by atoms with van der Waals surface area (Å²) >= 11 is 0. The Labute approximate surface area is 166 Å². The second kappa shape index (κ2) is 10.5. The van der Waals surface area contributed by atoms with Crippen molar-refractivity contribution in [3.8, 4) is 17.0 Å². The number of pyridine rings is 1. The third-order valence-electron chi connectivity index (χ3n) is 4.61. The van der Waals surface area contributed by atoms with Gasteiger partial charge < -0.3 is 9.47 Å². The van der Waals surface area contributed by atoms with Crippen LogP contribution in [0.15, 0.2) is 60.7 Å². The smallest absolute Gasteiger partial charge is 0.305 e. The van der Waals surface area contributed by atoms with Crippen LogP contribution < -0.4 is 4.74 Å². The van der Waals surface area contributed by atoms with Crippen molar-refractivity contribution in [3.63, 3.8) is 0 Å². The number of fused-ring (bicyclic) bond motifs is 1. The molecule has 0 radical (unpaired) electrons. The largest absolute Gasteiger partial charge is 0.478 e. The number of esters is 1. The van der Waals surface area contributed by atoms with Crippen LogP contribution in [-0.2, 0) is 9.53 Å². The van der Waals surface area contributed by atoms with E-state index in [1.54, 1.807) is 0 Å². The van der Waals surface area contributed by atoms with Crippen LogP contribution >= 0.6 is 0 Å². The Bertz CT molecular complexity index is 893. The van der Waals surface area contributed by atoms with Crippen LogP contribution in [0.25, 0.3) is 22.0 Å². The van der Waals surface area contributed by atoms with Gasteiger partial charge in [-0.1, -0.05) is 61.4 Å². The molecule has 0 saturated carbocycles. The van der Waals surface area contributed by atoms with E-state index in [1.165, 1.54) is 0 Å². The second-order valence-corrected chi connectivity index (χ2v) is 6.71. The molecule has 0 aliphatic rings. The molecule has 1 heterocycles. The first-order valence-corrected chi connectivity index (χ1v) is 10.0. The van der Waals surface area contributed by atoms with Gasteiger partial charge in [0.1, 0.15) is 0 Å². The molecular formula is C24H27NO3. The van der Waals surface area contributed by atoms with E-state index in [0.29, 0.717) is 25.5 Å². The molecular weight excluding hydrogens is 350 g/mol. The van der Waals surface area contributed by atoms with E-state index in [0.717, 1.165) is 47.7 Å². The van der Waals surface area contributed by atoms with Crippen molar-refractivity contribution in [1.29, 1.82) is 0 Å². The molecule has 0 bridgehead atoms. The summed E-state index contributed by atoms with van der Waals surface area (Å²) in [5, 5.41) is 1.13. The standard InChI is InChI=1S/C24H27NO3/c1-2-27-24(26)16-8-3-4-11-17-28-23-18-21(19-12-6-5-7-13-19)20-14-9-10-15-22(20)25-23/h5-7,9-10,12-15,18H,2-4,8,11,16-17H2,1H3. The first kappa shape index (κ1) is 19.9. The molecule has 0 spiro atoms. The molecule has 0 fully saturated rings. The second-order valence-electron chi connectivity index (χ2n) is 6.71. The topological polar surface area (TPSA) is 48.4 Å². The van der Waals surface area contributed by atoms with Crippen molar-refractivity contribution in [2.24, 2.45) is 0 Å². The third-order valence-corrected chi connectivity index (χ3v) is 4.61. The molecule has 0 unspecified atom stereocenters. The molecule has 28 heavy (non-hydrogen) atoms. The Balaban J connectivity index is 1.56. The molecule has 0 amide bonds. The zero-order chi connectivity index (χ0) is 19.6. The molecule has 0 N–H and O–H groups in total. The summed E-state index contributed by atoms with van der Waals surface area (Å²) in [6.45, 7) is 2.91. The van der Waals surface area contributed by atoms with Crippen LogP contribution in [0.5, 0.6) is 5.88 Å². The number of benzene rings is 2. The summed E-state index contributed by atoms with van der Waals surface area (Å²) in [6.07, 6.45) is 4.34. The van der Waals surface area contributed by atoms with Crippen molar-refractivity contribution in [2.45, 2.75) is 39.0 Å². The van der Waals surface area contributed by atoms with E-state index in [1.807, 2.05) is 49.4 Å². The lowest BCUT2D eigenvalue weighted by atomic mass is 10.0. The number of nitrogens with zero attached hydrogens (tertiary/aromatic N) is 1. The first-order chi connectivity index (χ1) is 13.8. The van der Waals surface area contributed by atoms with Crippen LogP contribution in [0, 0.1) is 0 Å². The van der Waals surface area contributed by atoms with Gasteiger partial charge in [-0.2, -0.15) is 0 Å². The number of hydrogen-bond acceptors (Lipinski definition) is 4. The predicted molar refractivity (Wildman–Crippen MR) is 112 cm³/mol. The van der Waals surface area contributed by atoms with E-state index in [2.05, 4.69) is 23.2 Å². The average Bonchev–Trinajstić information content (AvgIpc) is 2.73. The lowest BCUT2D eigenvalue weighted by Gasteiger charge is -2.11. The Hall–Kier alpha value is -2.88. The number of hydrogen-bond donors (Lipinski definition) is 0. The Morgan fingerprint density at radius 2 is 1.68 bits per heavy atom. The fraction of sp³-hybridized carbons (Fsp3) is 0.333. The van der Waals surface area contributed by atoms with Crippen molar-refractivity contribution in [1.82, 2.24) is 4.98 Å². The maximum Gasteiger partial charge on any atom is 0.305 e. The van der Waals surface area contributed by atoms with Crippen molar-refractivity contribution in [2.75, 3.05) is 13.2 Å². The Morgan fingerprint density at radius 3 is 2.50 bits per heavy atom. The summed E-state index contributed by atoms with van der Waals surface area (Å²) < 4.78 is 10.9. The lowest BCUT2D eigenvalue weighted by molar-refractivity contribution is -0.143. The number of carbonyl (C=O) groups excluding carboxylic acids is 1. The highest BCUT2D eigenvalue weighted by atomic mass is 16.5.